The number of nitrogens with zero attached hydrogens (tertiary/aromatic N) is 5. The van der Waals surface area contributed by atoms with Crippen LogP contribution in [0.25, 0.3) is 0 Å². The molecule has 4 aliphatic heterocycles. The minimum Gasteiger partial charge on any atom is -0.461 e. The van der Waals surface area contributed by atoms with Crippen molar-refractivity contribution in [3.05, 3.63) is 40.1 Å². The summed E-state index contributed by atoms with van der Waals surface area (Å²) in [4.78, 5) is 14.5. The third-order valence-electron chi connectivity index (χ3n) is 10.1. The van der Waals surface area contributed by atoms with Gasteiger partial charge in [-0.1, -0.05) is 13.0 Å². The van der Waals surface area contributed by atoms with Crippen LogP contribution in [0.15, 0.2) is 12.1 Å². The van der Waals surface area contributed by atoms with Crippen LogP contribution in [0.4, 0.5) is 15.9 Å². The van der Waals surface area contributed by atoms with E-state index >= 15 is 0 Å². The van der Waals surface area contributed by atoms with Crippen molar-refractivity contribution < 1.29 is 18.6 Å². The Morgan fingerprint density at radius 1 is 1.20 bits per heavy atom. The fourth-order valence-corrected chi connectivity index (χ4v) is 7.96. The lowest BCUT2D eigenvalue weighted by atomic mass is 9.69. The molecule has 1 aliphatic carbocycles. The van der Waals surface area contributed by atoms with E-state index in [1.807, 2.05) is 6.07 Å². The van der Waals surface area contributed by atoms with Gasteiger partial charge in [-0.25, -0.2) is 4.39 Å². The van der Waals surface area contributed by atoms with Crippen molar-refractivity contribution in [1.82, 2.24) is 14.9 Å². The number of alkyl halides is 1. The van der Waals surface area contributed by atoms with Gasteiger partial charge < -0.3 is 24.8 Å². The van der Waals surface area contributed by atoms with Crippen molar-refractivity contribution in [2.45, 2.75) is 81.7 Å². The summed E-state index contributed by atoms with van der Waals surface area (Å²) in [5.41, 5.74) is 10.3. The number of nitriles is 1. The van der Waals surface area contributed by atoms with Gasteiger partial charge in [0.1, 0.15) is 30.3 Å². The number of fused-ring (bicyclic) bond motifs is 4. The van der Waals surface area contributed by atoms with Crippen LogP contribution in [0, 0.1) is 11.3 Å². The van der Waals surface area contributed by atoms with E-state index in [-0.39, 0.29) is 5.54 Å². The summed E-state index contributed by atoms with van der Waals surface area (Å²) in [6.45, 7) is 7.22. The average molecular weight is 563 g/mol. The number of halogens is 1. The lowest BCUT2D eigenvalue weighted by Crippen LogP contribution is -2.44. The van der Waals surface area contributed by atoms with Gasteiger partial charge in [0.25, 0.3) is 0 Å². The van der Waals surface area contributed by atoms with Crippen LogP contribution in [0.5, 0.6) is 6.01 Å². The Morgan fingerprint density at radius 2 is 2.10 bits per heavy atom. The van der Waals surface area contributed by atoms with Crippen molar-refractivity contribution in [3.8, 4) is 12.1 Å². The molecule has 10 heteroatoms. The summed E-state index contributed by atoms with van der Waals surface area (Å²) in [7, 11) is 0. The molecule has 4 atom stereocenters. The van der Waals surface area contributed by atoms with Crippen LogP contribution in [0.2, 0.25) is 0 Å². The van der Waals surface area contributed by atoms with Crippen LogP contribution in [0.1, 0.15) is 79.3 Å². The molecule has 1 aromatic heterocycles. The predicted molar refractivity (Wildman–Crippen MR) is 152 cm³/mol. The van der Waals surface area contributed by atoms with Crippen molar-refractivity contribution >= 4 is 11.5 Å². The average Bonchev–Trinajstić information content (AvgIpc) is 3.35. The van der Waals surface area contributed by atoms with E-state index in [4.69, 9.17) is 29.9 Å². The molecular weight excluding hydrogens is 523 g/mol. The fraction of sp³-hybridized carbons (Fsp3) is 0.645. The molecular formula is C31H39FN6O3. The van der Waals surface area contributed by atoms with Gasteiger partial charge in [0, 0.05) is 55.9 Å². The second-order valence-electron chi connectivity index (χ2n) is 12.6. The van der Waals surface area contributed by atoms with Gasteiger partial charge in [0.15, 0.2) is 0 Å². The Balaban J connectivity index is 1.28. The zero-order chi connectivity index (χ0) is 28.2. The maximum atomic E-state index is 14.4. The first-order valence-electron chi connectivity index (χ1n) is 15.1. The fourth-order valence-electron chi connectivity index (χ4n) is 7.96. The maximum Gasteiger partial charge on any atom is 0.318 e. The molecule has 5 aliphatic rings. The molecule has 2 N–H and O–H groups in total. The number of aromatic nitrogens is 2. The molecule has 0 amide bonds. The minimum absolute atomic E-state index is 0.280. The van der Waals surface area contributed by atoms with Crippen LogP contribution in [-0.4, -0.2) is 72.6 Å². The third kappa shape index (κ3) is 4.53. The van der Waals surface area contributed by atoms with Crippen LogP contribution in [-0.2, 0) is 28.1 Å². The molecule has 7 rings (SSSR count). The van der Waals surface area contributed by atoms with E-state index in [9.17, 15) is 9.65 Å². The van der Waals surface area contributed by atoms with Crippen LogP contribution in [0.3, 0.4) is 0 Å². The number of nitrogen functional groups attached to an aromatic ring is 1. The van der Waals surface area contributed by atoms with Gasteiger partial charge in [0.2, 0.25) is 0 Å². The number of ether oxygens (including phenoxy) is 3. The first-order chi connectivity index (χ1) is 19.9. The highest BCUT2D eigenvalue weighted by Crippen LogP contribution is 2.51. The van der Waals surface area contributed by atoms with Crippen molar-refractivity contribution in [1.29, 1.82) is 5.26 Å². The summed E-state index contributed by atoms with van der Waals surface area (Å²) in [6.07, 6.45) is 4.82. The lowest BCUT2D eigenvalue weighted by Gasteiger charge is -2.45. The van der Waals surface area contributed by atoms with Gasteiger partial charge >= 0.3 is 6.01 Å². The standard InChI is InChI=1S/C31H39FN6O3/c1-20-6-8-31(27-22(20)4-5-25(34)23(27)16-33)15-26-24(18-41-31)28(37-9-3-12-39-13-11-37)36-29(35-26)40-19-30-7-2-10-38(30)17-21(32)14-30/h4-5,20-21H,2-3,6-15,17-19,34H2,1H3/t20-,21-,30?,31+/m1/s1. The molecule has 41 heavy (non-hydrogen) atoms. The monoisotopic (exact) mass is 562 g/mol. The molecule has 0 saturated carbocycles. The van der Waals surface area contributed by atoms with E-state index < -0.39 is 11.8 Å². The van der Waals surface area contributed by atoms with E-state index in [2.05, 4.69) is 28.9 Å². The predicted octanol–water partition coefficient (Wildman–Crippen LogP) is 3.98. The molecule has 218 valence electrons. The highest BCUT2D eigenvalue weighted by Gasteiger charge is 2.50. The number of anilines is 2. The summed E-state index contributed by atoms with van der Waals surface area (Å²) >= 11 is 0. The molecule has 0 radical (unpaired) electrons. The molecule has 3 saturated heterocycles. The van der Waals surface area contributed by atoms with Crippen LogP contribution < -0.4 is 15.4 Å². The van der Waals surface area contributed by atoms with Gasteiger partial charge in [-0.2, -0.15) is 15.2 Å². The number of rotatable bonds is 4. The Bertz CT molecular complexity index is 1370. The van der Waals surface area contributed by atoms with Gasteiger partial charge in [-0.15, -0.1) is 0 Å². The second kappa shape index (κ2) is 10.4. The first kappa shape index (κ1) is 26.9. The molecule has 9 nitrogen and oxygen atoms in total. The first-order valence-corrected chi connectivity index (χ1v) is 15.1. The Hall–Kier alpha value is -3.00. The molecule has 0 bridgehead atoms. The minimum atomic E-state index is -0.816. The SMILES string of the molecule is C[C@@H]1CC[C@]2(Cc3nc(OCC45CCCN4C[C@H](F)C5)nc(N4CCCOCC4)c3CO2)c2c1ccc(N)c2C#N. The van der Waals surface area contributed by atoms with Crippen molar-refractivity contribution in [3.63, 3.8) is 0 Å². The molecule has 1 spiro atoms. The van der Waals surface area contributed by atoms with Gasteiger partial charge in [0.05, 0.1) is 30.0 Å². The highest BCUT2D eigenvalue weighted by atomic mass is 19.1. The largest absolute Gasteiger partial charge is 0.461 e. The molecule has 1 unspecified atom stereocenters. The van der Waals surface area contributed by atoms with E-state index in [0.717, 1.165) is 86.5 Å². The normalized spacial score (nSPS) is 31.3. The van der Waals surface area contributed by atoms with E-state index in [0.29, 0.717) is 62.4 Å². The number of hydrogen-bond donors (Lipinski definition) is 1. The quantitative estimate of drug-likeness (QED) is 0.554. The summed E-state index contributed by atoms with van der Waals surface area (Å²) in [5, 5.41) is 10.1. The Morgan fingerprint density at radius 3 is 2.98 bits per heavy atom. The second-order valence-corrected chi connectivity index (χ2v) is 12.6. The number of nitrogens with two attached hydrogens (primary N) is 1. The van der Waals surface area contributed by atoms with Crippen LogP contribution >= 0.6 is 0 Å². The smallest absolute Gasteiger partial charge is 0.318 e. The summed E-state index contributed by atoms with van der Waals surface area (Å²) < 4.78 is 33.4. The van der Waals surface area contributed by atoms with Crippen molar-refractivity contribution in [2.24, 2.45) is 0 Å². The third-order valence-corrected chi connectivity index (χ3v) is 10.1. The zero-order valence-corrected chi connectivity index (χ0v) is 23.8. The maximum absolute atomic E-state index is 14.4. The highest BCUT2D eigenvalue weighted by molar-refractivity contribution is 5.64. The topological polar surface area (TPSA) is 110 Å². The number of hydrogen-bond acceptors (Lipinski definition) is 9. The summed E-state index contributed by atoms with van der Waals surface area (Å²) in [5.74, 6) is 1.14. The van der Waals surface area contributed by atoms with Gasteiger partial charge in [-0.3, -0.25) is 4.90 Å². The molecule has 2 aromatic rings. The lowest BCUT2D eigenvalue weighted by molar-refractivity contribution is -0.0873. The molecule has 5 heterocycles. The molecule has 1 aromatic carbocycles. The number of benzene rings is 1. The zero-order valence-electron chi connectivity index (χ0n) is 23.8. The summed E-state index contributed by atoms with van der Waals surface area (Å²) in [6, 6.07) is 6.61. The van der Waals surface area contributed by atoms with E-state index in [1.54, 1.807) is 0 Å². The Labute approximate surface area is 240 Å². The van der Waals surface area contributed by atoms with Gasteiger partial charge in [-0.05, 0) is 56.2 Å². The van der Waals surface area contributed by atoms with Crippen molar-refractivity contribution in [2.75, 3.05) is 56.6 Å². The Kier molecular flexibility index (Phi) is 6.80. The molecule has 3 fully saturated rings. The van der Waals surface area contributed by atoms with E-state index in [1.165, 1.54) is 0 Å².